The molecule has 2 heterocycles. The standard InChI is InChI=1S/C18H28N2O/c1-18(2,3)17-12-20(11-14-8-9-21-13-14)16-7-5-4-6-15(16)10-19-17/h4-7,14,17,19H,8-13H2,1-3H3. The van der Waals surface area contributed by atoms with E-state index in [9.17, 15) is 0 Å². The molecule has 3 rings (SSSR count). The predicted octanol–water partition coefficient (Wildman–Crippen LogP) is 3.05. The van der Waals surface area contributed by atoms with Crippen molar-refractivity contribution in [2.45, 2.75) is 39.8 Å². The van der Waals surface area contributed by atoms with Crippen LogP contribution in [0, 0.1) is 11.3 Å². The van der Waals surface area contributed by atoms with Gasteiger partial charge < -0.3 is 15.0 Å². The van der Waals surface area contributed by atoms with E-state index in [1.807, 2.05) is 0 Å². The van der Waals surface area contributed by atoms with Gasteiger partial charge in [0.15, 0.2) is 0 Å². The second-order valence-electron chi connectivity index (χ2n) is 7.56. The summed E-state index contributed by atoms with van der Waals surface area (Å²) in [6.07, 6.45) is 1.20. The van der Waals surface area contributed by atoms with E-state index < -0.39 is 0 Å². The zero-order chi connectivity index (χ0) is 14.9. The molecule has 2 atom stereocenters. The van der Waals surface area contributed by atoms with Gasteiger partial charge in [-0.1, -0.05) is 39.0 Å². The van der Waals surface area contributed by atoms with Gasteiger partial charge in [0.05, 0.1) is 6.61 Å². The van der Waals surface area contributed by atoms with Gasteiger partial charge in [-0.3, -0.25) is 0 Å². The fraction of sp³-hybridized carbons (Fsp3) is 0.667. The lowest BCUT2D eigenvalue weighted by Gasteiger charge is -2.35. The average Bonchev–Trinajstić information content (AvgIpc) is 2.86. The Kier molecular flexibility index (Phi) is 4.23. The maximum absolute atomic E-state index is 5.57. The molecule has 0 aromatic heterocycles. The topological polar surface area (TPSA) is 24.5 Å². The minimum absolute atomic E-state index is 0.270. The number of hydrogen-bond acceptors (Lipinski definition) is 3. The van der Waals surface area contributed by atoms with Crippen LogP contribution >= 0.6 is 0 Å². The Morgan fingerprint density at radius 2 is 2.10 bits per heavy atom. The third kappa shape index (κ3) is 3.41. The quantitative estimate of drug-likeness (QED) is 0.905. The van der Waals surface area contributed by atoms with Crippen molar-refractivity contribution in [1.29, 1.82) is 0 Å². The number of rotatable bonds is 2. The summed E-state index contributed by atoms with van der Waals surface area (Å²) in [5, 5.41) is 3.76. The summed E-state index contributed by atoms with van der Waals surface area (Å²) in [5.74, 6) is 0.678. The predicted molar refractivity (Wildman–Crippen MR) is 87.7 cm³/mol. The van der Waals surface area contributed by atoms with Gasteiger partial charge in [0.25, 0.3) is 0 Å². The van der Waals surface area contributed by atoms with Gasteiger partial charge >= 0.3 is 0 Å². The molecule has 1 aromatic carbocycles. The van der Waals surface area contributed by atoms with Crippen molar-refractivity contribution in [2.24, 2.45) is 11.3 Å². The van der Waals surface area contributed by atoms with Crippen LogP contribution in [0.4, 0.5) is 5.69 Å². The van der Waals surface area contributed by atoms with Gasteiger partial charge in [0.2, 0.25) is 0 Å². The van der Waals surface area contributed by atoms with E-state index in [2.05, 4.69) is 55.3 Å². The van der Waals surface area contributed by atoms with Crippen LogP contribution in [0.3, 0.4) is 0 Å². The highest BCUT2D eigenvalue weighted by atomic mass is 16.5. The van der Waals surface area contributed by atoms with Crippen LogP contribution in [0.1, 0.15) is 32.8 Å². The highest BCUT2D eigenvalue weighted by molar-refractivity contribution is 5.54. The van der Waals surface area contributed by atoms with Gasteiger partial charge in [-0.05, 0) is 23.5 Å². The van der Waals surface area contributed by atoms with Gasteiger partial charge in [0, 0.05) is 43.9 Å². The largest absolute Gasteiger partial charge is 0.381 e. The van der Waals surface area contributed by atoms with Crippen molar-refractivity contribution in [3.63, 3.8) is 0 Å². The van der Waals surface area contributed by atoms with E-state index >= 15 is 0 Å². The molecule has 2 unspecified atom stereocenters. The van der Waals surface area contributed by atoms with Crippen molar-refractivity contribution in [3.05, 3.63) is 29.8 Å². The van der Waals surface area contributed by atoms with Crippen LogP contribution in [-0.4, -0.2) is 32.3 Å². The zero-order valence-corrected chi connectivity index (χ0v) is 13.6. The van der Waals surface area contributed by atoms with Crippen molar-refractivity contribution in [2.75, 3.05) is 31.2 Å². The molecule has 2 aliphatic heterocycles. The Bertz CT molecular complexity index is 474. The number of benzene rings is 1. The molecule has 0 radical (unpaired) electrons. The normalized spacial score (nSPS) is 26.5. The second kappa shape index (κ2) is 5.98. The summed E-state index contributed by atoms with van der Waals surface area (Å²) in [6.45, 7) is 12.0. The van der Waals surface area contributed by atoms with E-state index in [1.165, 1.54) is 17.7 Å². The smallest absolute Gasteiger partial charge is 0.0512 e. The van der Waals surface area contributed by atoms with Gasteiger partial charge in [-0.15, -0.1) is 0 Å². The first-order chi connectivity index (χ1) is 10.0. The van der Waals surface area contributed by atoms with E-state index in [0.717, 1.165) is 32.8 Å². The molecule has 0 saturated carbocycles. The van der Waals surface area contributed by atoms with E-state index in [1.54, 1.807) is 0 Å². The molecule has 0 bridgehead atoms. The number of nitrogens with zero attached hydrogens (tertiary/aromatic N) is 1. The van der Waals surface area contributed by atoms with Gasteiger partial charge in [-0.2, -0.15) is 0 Å². The molecule has 3 nitrogen and oxygen atoms in total. The molecule has 3 heteroatoms. The molecule has 1 N–H and O–H groups in total. The zero-order valence-electron chi connectivity index (χ0n) is 13.6. The van der Waals surface area contributed by atoms with Gasteiger partial charge in [-0.25, -0.2) is 0 Å². The lowest BCUT2D eigenvalue weighted by atomic mass is 9.86. The molecule has 0 aliphatic carbocycles. The number of nitrogens with one attached hydrogen (secondary N) is 1. The van der Waals surface area contributed by atoms with Crippen LogP contribution in [0.25, 0.3) is 0 Å². The maximum atomic E-state index is 5.57. The fourth-order valence-electron chi connectivity index (χ4n) is 3.38. The summed E-state index contributed by atoms with van der Waals surface area (Å²) in [5.41, 5.74) is 3.10. The number of hydrogen-bond donors (Lipinski definition) is 1. The fourth-order valence-corrected chi connectivity index (χ4v) is 3.38. The number of anilines is 1. The van der Waals surface area contributed by atoms with Crippen LogP contribution in [0.2, 0.25) is 0 Å². The first-order valence-electron chi connectivity index (χ1n) is 8.18. The van der Waals surface area contributed by atoms with Crippen LogP contribution in [-0.2, 0) is 11.3 Å². The van der Waals surface area contributed by atoms with Crippen molar-refractivity contribution >= 4 is 5.69 Å². The molecular weight excluding hydrogens is 260 g/mol. The Labute approximate surface area is 128 Å². The molecule has 2 aliphatic rings. The highest BCUT2D eigenvalue weighted by Gasteiger charge is 2.31. The van der Waals surface area contributed by atoms with Gasteiger partial charge in [0.1, 0.15) is 0 Å². The minimum Gasteiger partial charge on any atom is -0.381 e. The van der Waals surface area contributed by atoms with Crippen LogP contribution in [0.5, 0.6) is 0 Å². The molecule has 1 aromatic rings. The van der Waals surface area contributed by atoms with Crippen LogP contribution < -0.4 is 10.2 Å². The monoisotopic (exact) mass is 288 g/mol. The highest BCUT2D eigenvalue weighted by Crippen LogP contribution is 2.30. The Morgan fingerprint density at radius 1 is 1.29 bits per heavy atom. The third-order valence-electron chi connectivity index (χ3n) is 4.82. The molecule has 0 amide bonds. The lowest BCUT2D eigenvalue weighted by molar-refractivity contribution is 0.186. The summed E-state index contributed by atoms with van der Waals surface area (Å²) < 4.78 is 5.57. The van der Waals surface area contributed by atoms with Crippen molar-refractivity contribution in [1.82, 2.24) is 5.32 Å². The first kappa shape index (κ1) is 14.9. The number of fused-ring (bicyclic) bond motifs is 1. The van der Waals surface area contributed by atoms with E-state index in [0.29, 0.717) is 12.0 Å². The number of para-hydroxylation sites is 1. The van der Waals surface area contributed by atoms with E-state index in [-0.39, 0.29) is 5.41 Å². The molecule has 0 spiro atoms. The maximum Gasteiger partial charge on any atom is 0.0512 e. The summed E-state index contributed by atoms with van der Waals surface area (Å²) in [6, 6.07) is 9.35. The average molecular weight is 288 g/mol. The summed E-state index contributed by atoms with van der Waals surface area (Å²) in [7, 11) is 0. The lowest BCUT2D eigenvalue weighted by Crippen LogP contribution is -2.47. The molecular formula is C18H28N2O. The molecule has 1 saturated heterocycles. The minimum atomic E-state index is 0.270. The Hall–Kier alpha value is -1.06. The Balaban J connectivity index is 1.84. The van der Waals surface area contributed by atoms with Crippen molar-refractivity contribution in [3.8, 4) is 0 Å². The number of ether oxygens (including phenoxy) is 1. The Morgan fingerprint density at radius 3 is 2.81 bits per heavy atom. The second-order valence-corrected chi connectivity index (χ2v) is 7.56. The molecule has 1 fully saturated rings. The van der Waals surface area contributed by atoms with Crippen molar-refractivity contribution < 1.29 is 4.74 Å². The first-order valence-corrected chi connectivity index (χ1v) is 8.18. The summed E-state index contributed by atoms with van der Waals surface area (Å²) >= 11 is 0. The third-order valence-corrected chi connectivity index (χ3v) is 4.82. The van der Waals surface area contributed by atoms with E-state index in [4.69, 9.17) is 4.74 Å². The summed E-state index contributed by atoms with van der Waals surface area (Å²) in [4.78, 5) is 2.59. The molecule has 116 valence electrons. The van der Waals surface area contributed by atoms with Crippen LogP contribution in [0.15, 0.2) is 24.3 Å². The SMILES string of the molecule is CC(C)(C)C1CN(CC2CCOC2)c2ccccc2CN1. The molecule has 21 heavy (non-hydrogen) atoms.